The van der Waals surface area contributed by atoms with Gasteiger partial charge in [0.1, 0.15) is 17.3 Å². The van der Waals surface area contributed by atoms with Gasteiger partial charge in [0.2, 0.25) is 0 Å². The Hall–Kier alpha value is -3.55. The smallest absolute Gasteiger partial charge is 0.465 e. The van der Waals surface area contributed by atoms with Gasteiger partial charge in [0.15, 0.2) is 5.65 Å². The first-order valence-electron chi connectivity index (χ1n) is 10.00. The predicted molar refractivity (Wildman–Crippen MR) is 112 cm³/mol. The first kappa shape index (κ1) is 24.6. The Bertz CT molecular complexity index is 1530. The van der Waals surface area contributed by atoms with E-state index in [1.807, 2.05) is 0 Å². The molecule has 0 radical (unpaired) electrons. The molecule has 14 heteroatoms. The summed E-state index contributed by atoms with van der Waals surface area (Å²) >= 11 is 0. The van der Waals surface area contributed by atoms with Crippen LogP contribution in [-0.2, 0) is 19.0 Å². The highest BCUT2D eigenvalue weighted by Gasteiger charge is 2.49. The highest BCUT2D eigenvalue weighted by molar-refractivity contribution is 7.87. The summed E-state index contributed by atoms with van der Waals surface area (Å²) in [6, 6.07) is 2.73. The Morgan fingerprint density at radius 2 is 1.89 bits per heavy atom. The predicted octanol–water partition coefficient (Wildman–Crippen LogP) is 3.86. The van der Waals surface area contributed by atoms with Gasteiger partial charge >= 0.3 is 15.6 Å². The summed E-state index contributed by atoms with van der Waals surface area (Å²) in [7, 11) is -5.98. The third kappa shape index (κ3) is 4.57. The highest BCUT2D eigenvalue weighted by atomic mass is 32.2. The Labute approximate surface area is 194 Å². The van der Waals surface area contributed by atoms with Crippen molar-refractivity contribution >= 4 is 15.8 Å². The van der Waals surface area contributed by atoms with E-state index in [0.717, 1.165) is 22.6 Å². The number of ether oxygens (including phenoxy) is 1. The van der Waals surface area contributed by atoms with Crippen LogP contribution in [0.2, 0.25) is 0 Å². The normalized spacial score (nSPS) is 16.7. The number of aromatic nitrogens is 3. The SMILES string of the molecule is Cc1nc2c(-c3ccc(F)cc3F)nc([C@@H]3C=C(OS(=O)(=O)C(F)(F)F)OCC3)cn2c(=O)c1C. The third-order valence-corrected chi connectivity index (χ3v) is 6.30. The zero-order valence-electron chi connectivity index (χ0n) is 18.1. The Morgan fingerprint density at radius 1 is 1.17 bits per heavy atom. The summed E-state index contributed by atoms with van der Waals surface area (Å²) in [6.45, 7) is 2.86. The molecule has 0 bridgehead atoms. The quantitative estimate of drug-likeness (QED) is 0.294. The van der Waals surface area contributed by atoms with Crippen molar-refractivity contribution in [3.8, 4) is 11.3 Å². The van der Waals surface area contributed by atoms with Gasteiger partial charge in [-0.3, -0.25) is 9.20 Å². The molecule has 0 unspecified atom stereocenters. The second kappa shape index (κ2) is 8.59. The number of halogens is 5. The molecule has 0 N–H and O–H groups in total. The van der Waals surface area contributed by atoms with Crippen molar-refractivity contribution in [2.75, 3.05) is 6.61 Å². The number of hydrogen-bond acceptors (Lipinski definition) is 7. The van der Waals surface area contributed by atoms with Crippen LogP contribution in [0.3, 0.4) is 0 Å². The molecule has 0 amide bonds. The van der Waals surface area contributed by atoms with Crippen molar-refractivity contribution in [2.45, 2.75) is 31.7 Å². The average molecular weight is 517 g/mol. The standard InChI is InChI=1S/C21H16F5N3O5S/c1-10-11(2)27-19-18(14-4-3-13(22)8-15(14)23)28-16(9-29(19)20(10)30)12-5-6-33-17(7-12)34-35(31,32)21(24,25)26/h3-4,7-9,12H,5-6H2,1-2H3/t12-/m0/s1. The molecule has 3 heterocycles. The van der Waals surface area contributed by atoms with E-state index >= 15 is 0 Å². The van der Waals surface area contributed by atoms with E-state index in [2.05, 4.69) is 14.2 Å². The average Bonchev–Trinajstić information content (AvgIpc) is 2.76. The van der Waals surface area contributed by atoms with E-state index in [9.17, 15) is 35.2 Å². The number of fused-ring (bicyclic) bond motifs is 1. The largest absolute Gasteiger partial charge is 0.534 e. The van der Waals surface area contributed by atoms with Gasteiger partial charge in [0.05, 0.1) is 12.3 Å². The summed E-state index contributed by atoms with van der Waals surface area (Å²) in [4.78, 5) is 21.6. The fourth-order valence-electron chi connectivity index (χ4n) is 3.42. The Balaban J connectivity index is 1.91. The first-order chi connectivity index (χ1) is 16.3. The molecular formula is C21H16F5N3O5S. The topological polar surface area (TPSA) is 99.9 Å². The van der Waals surface area contributed by atoms with Crippen LogP contribution in [0.25, 0.3) is 16.9 Å². The molecule has 3 aromatic rings. The molecule has 0 aliphatic carbocycles. The lowest BCUT2D eigenvalue weighted by Gasteiger charge is -2.22. The van der Waals surface area contributed by atoms with Crippen molar-refractivity contribution in [3.63, 3.8) is 0 Å². The summed E-state index contributed by atoms with van der Waals surface area (Å²) in [5.41, 5.74) is -5.80. The summed E-state index contributed by atoms with van der Waals surface area (Å²) in [6.07, 6.45) is 2.35. The van der Waals surface area contributed by atoms with Crippen LogP contribution in [-0.4, -0.2) is 34.9 Å². The van der Waals surface area contributed by atoms with Crippen LogP contribution < -0.4 is 5.56 Å². The van der Waals surface area contributed by atoms with Gasteiger partial charge in [-0.15, -0.1) is 0 Å². The number of alkyl halides is 3. The van der Waals surface area contributed by atoms with Crippen LogP contribution in [0.5, 0.6) is 0 Å². The molecule has 0 saturated carbocycles. The molecule has 8 nitrogen and oxygen atoms in total. The van der Waals surface area contributed by atoms with Gasteiger partial charge in [-0.1, -0.05) is 0 Å². The second-order valence-electron chi connectivity index (χ2n) is 7.67. The molecule has 35 heavy (non-hydrogen) atoms. The molecule has 1 aliphatic rings. The molecule has 2 aromatic heterocycles. The lowest BCUT2D eigenvalue weighted by molar-refractivity contribution is -0.0568. The van der Waals surface area contributed by atoms with Crippen molar-refractivity contribution < 1.29 is 39.3 Å². The van der Waals surface area contributed by atoms with Crippen molar-refractivity contribution in [3.05, 3.63) is 75.4 Å². The molecule has 1 aromatic carbocycles. The maximum absolute atomic E-state index is 14.7. The van der Waals surface area contributed by atoms with Crippen molar-refractivity contribution in [1.29, 1.82) is 0 Å². The van der Waals surface area contributed by atoms with Gasteiger partial charge in [0.25, 0.3) is 11.5 Å². The molecule has 186 valence electrons. The number of allylic oxidation sites excluding steroid dienone is 1. The molecule has 0 saturated heterocycles. The maximum Gasteiger partial charge on any atom is 0.534 e. The zero-order chi connectivity index (χ0) is 25.7. The van der Waals surface area contributed by atoms with E-state index in [1.165, 1.54) is 13.1 Å². The molecular weight excluding hydrogens is 501 g/mol. The van der Waals surface area contributed by atoms with E-state index in [4.69, 9.17) is 4.74 Å². The molecule has 0 spiro atoms. The van der Waals surface area contributed by atoms with Gasteiger partial charge in [-0.2, -0.15) is 21.6 Å². The van der Waals surface area contributed by atoms with E-state index in [1.54, 1.807) is 6.92 Å². The number of benzene rings is 1. The summed E-state index contributed by atoms with van der Waals surface area (Å²) < 4.78 is 99.0. The molecule has 4 rings (SSSR count). The van der Waals surface area contributed by atoms with Crippen LogP contribution in [0.4, 0.5) is 22.0 Å². The van der Waals surface area contributed by atoms with Gasteiger partial charge in [-0.25, -0.2) is 18.7 Å². The molecule has 1 aliphatic heterocycles. The summed E-state index contributed by atoms with van der Waals surface area (Å²) in [5, 5.41) is 0. The highest BCUT2D eigenvalue weighted by Crippen LogP contribution is 2.33. The molecule has 0 fully saturated rings. The lowest BCUT2D eigenvalue weighted by atomic mass is 10.00. The Kier molecular flexibility index (Phi) is 6.03. The number of aryl methyl sites for hydroxylation is 1. The number of hydrogen-bond donors (Lipinski definition) is 0. The minimum Gasteiger partial charge on any atom is -0.465 e. The van der Waals surface area contributed by atoms with E-state index in [-0.39, 0.29) is 41.2 Å². The van der Waals surface area contributed by atoms with E-state index in [0.29, 0.717) is 11.8 Å². The number of rotatable bonds is 4. The van der Waals surface area contributed by atoms with Gasteiger partial charge in [0, 0.05) is 41.1 Å². The minimum absolute atomic E-state index is 0.0282. The zero-order valence-corrected chi connectivity index (χ0v) is 18.9. The fourth-order valence-corrected chi connectivity index (χ4v) is 3.83. The Morgan fingerprint density at radius 3 is 2.54 bits per heavy atom. The van der Waals surface area contributed by atoms with Crippen molar-refractivity contribution in [1.82, 2.24) is 14.4 Å². The summed E-state index contributed by atoms with van der Waals surface area (Å²) in [5.74, 6) is -3.61. The van der Waals surface area contributed by atoms with Gasteiger partial charge in [-0.05, 0) is 32.4 Å². The van der Waals surface area contributed by atoms with Gasteiger partial charge < -0.3 is 8.92 Å². The number of nitrogens with zero attached hydrogens (tertiary/aromatic N) is 3. The second-order valence-corrected chi connectivity index (χ2v) is 9.21. The van der Waals surface area contributed by atoms with Crippen LogP contribution in [0.15, 0.2) is 41.2 Å². The van der Waals surface area contributed by atoms with Crippen LogP contribution >= 0.6 is 0 Å². The van der Waals surface area contributed by atoms with E-state index < -0.39 is 44.7 Å². The van der Waals surface area contributed by atoms with Crippen LogP contribution in [0.1, 0.15) is 29.3 Å². The van der Waals surface area contributed by atoms with Crippen LogP contribution in [0, 0.1) is 25.5 Å². The molecule has 1 atom stereocenters. The minimum atomic E-state index is -5.98. The maximum atomic E-state index is 14.7. The lowest BCUT2D eigenvalue weighted by Crippen LogP contribution is -2.27. The third-order valence-electron chi connectivity index (χ3n) is 5.35. The monoisotopic (exact) mass is 517 g/mol. The first-order valence-corrected chi connectivity index (χ1v) is 11.4. The van der Waals surface area contributed by atoms with Crippen molar-refractivity contribution in [2.24, 2.45) is 0 Å². The fraction of sp³-hybridized carbons (Fsp3) is 0.286.